The van der Waals surface area contributed by atoms with E-state index in [-0.39, 0.29) is 5.16 Å². The van der Waals surface area contributed by atoms with Crippen molar-refractivity contribution in [2.24, 2.45) is 0 Å². The van der Waals surface area contributed by atoms with Crippen LogP contribution in [0.1, 0.15) is 62.0 Å². The zero-order chi connectivity index (χ0) is 21.6. The number of aliphatic hydroxyl groups excluding tert-OH is 1. The first-order chi connectivity index (χ1) is 14.5. The fourth-order valence-electron chi connectivity index (χ4n) is 4.06. The summed E-state index contributed by atoms with van der Waals surface area (Å²) in [5.41, 5.74) is 4.65. The van der Waals surface area contributed by atoms with Crippen molar-refractivity contribution in [3.8, 4) is 5.75 Å². The molecular formula is C27H33O2P. The highest BCUT2D eigenvalue weighted by Crippen LogP contribution is 2.51. The van der Waals surface area contributed by atoms with Crippen molar-refractivity contribution in [1.82, 2.24) is 0 Å². The first kappa shape index (κ1) is 22.5. The number of ether oxygens (including phenoxy) is 1. The van der Waals surface area contributed by atoms with Crippen molar-refractivity contribution in [2.45, 2.75) is 58.4 Å². The van der Waals surface area contributed by atoms with Gasteiger partial charge in [0.1, 0.15) is 12.4 Å². The minimum absolute atomic E-state index is 0.0248. The van der Waals surface area contributed by atoms with Crippen LogP contribution < -0.4 is 10.0 Å². The Kier molecular flexibility index (Phi) is 7.69. The van der Waals surface area contributed by atoms with E-state index in [1.54, 1.807) is 0 Å². The molecule has 0 fully saturated rings. The van der Waals surface area contributed by atoms with E-state index >= 15 is 0 Å². The normalized spacial score (nSPS) is 13.0. The van der Waals surface area contributed by atoms with Crippen LogP contribution in [0.3, 0.4) is 0 Å². The van der Waals surface area contributed by atoms with E-state index in [1.165, 1.54) is 22.0 Å². The molecule has 0 saturated carbocycles. The largest absolute Gasteiger partial charge is 0.488 e. The van der Waals surface area contributed by atoms with Crippen molar-refractivity contribution in [1.29, 1.82) is 0 Å². The molecule has 158 valence electrons. The molecule has 1 N–H and O–H groups in total. The van der Waals surface area contributed by atoms with Gasteiger partial charge in [0.05, 0.1) is 6.10 Å². The summed E-state index contributed by atoms with van der Waals surface area (Å²) in [7, 11) is 0.559. The average molecular weight is 421 g/mol. The van der Waals surface area contributed by atoms with Crippen molar-refractivity contribution >= 4 is 13.9 Å². The highest BCUT2D eigenvalue weighted by Gasteiger charge is 2.33. The first-order valence-electron chi connectivity index (χ1n) is 10.8. The number of hydrogen-bond donors (Lipinski definition) is 1. The molecule has 0 heterocycles. The molecule has 0 spiro atoms. The molecule has 0 aliphatic carbocycles. The Morgan fingerprint density at radius 1 is 0.900 bits per heavy atom. The highest BCUT2D eigenvalue weighted by atomic mass is 31.1. The summed E-state index contributed by atoms with van der Waals surface area (Å²) in [5.74, 6) is 1.01. The molecule has 0 aliphatic heterocycles. The third kappa shape index (κ3) is 4.94. The number of rotatable bonds is 9. The van der Waals surface area contributed by atoms with Crippen LogP contribution in [0.2, 0.25) is 0 Å². The Hall–Kier alpha value is -2.15. The number of hydrogen-bond acceptors (Lipinski definition) is 2. The summed E-state index contributed by atoms with van der Waals surface area (Å²) in [6.07, 6.45) is 1.56. The minimum atomic E-state index is -0.466. The van der Waals surface area contributed by atoms with E-state index in [1.807, 2.05) is 37.3 Å². The molecule has 2 unspecified atom stereocenters. The van der Waals surface area contributed by atoms with Crippen molar-refractivity contribution in [3.63, 3.8) is 0 Å². The maximum atomic E-state index is 10.3. The molecule has 0 amide bonds. The van der Waals surface area contributed by atoms with Crippen LogP contribution in [0.15, 0.2) is 72.8 Å². The lowest BCUT2D eigenvalue weighted by molar-refractivity contribution is 0.200. The van der Waals surface area contributed by atoms with Gasteiger partial charge in [0.15, 0.2) is 0 Å². The van der Waals surface area contributed by atoms with Gasteiger partial charge in [-0.25, -0.2) is 0 Å². The van der Waals surface area contributed by atoms with Crippen molar-refractivity contribution in [2.75, 3.05) is 0 Å². The molecule has 0 aliphatic rings. The molecule has 3 aromatic carbocycles. The SMILES string of the molecule is CCC(CC)(Pc1ccccc1C(C)O)c1cccc(C)c1OCc1ccccc1. The summed E-state index contributed by atoms with van der Waals surface area (Å²) in [4.78, 5) is 0. The van der Waals surface area contributed by atoms with Gasteiger partial charge in [0.2, 0.25) is 0 Å². The Bertz CT molecular complexity index is 946. The van der Waals surface area contributed by atoms with Gasteiger partial charge in [0.25, 0.3) is 0 Å². The summed E-state index contributed by atoms with van der Waals surface area (Å²) in [6.45, 7) is 9.09. The van der Waals surface area contributed by atoms with Crippen LogP contribution in [-0.2, 0) is 11.8 Å². The lowest BCUT2D eigenvalue weighted by Crippen LogP contribution is -2.24. The minimum Gasteiger partial charge on any atom is -0.488 e. The van der Waals surface area contributed by atoms with E-state index in [9.17, 15) is 5.11 Å². The van der Waals surface area contributed by atoms with Gasteiger partial charge < -0.3 is 9.84 Å². The Labute approximate surface area is 183 Å². The molecule has 3 rings (SSSR count). The quantitative estimate of drug-likeness (QED) is 0.393. The van der Waals surface area contributed by atoms with Crippen LogP contribution in [0.5, 0.6) is 5.75 Å². The second kappa shape index (κ2) is 10.2. The Morgan fingerprint density at radius 3 is 2.23 bits per heavy atom. The van der Waals surface area contributed by atoms with Gasteiger partial charge in [0, 0.05) is 10.7 Å². The van der Waals surface area contributed by atoms with Crippen molar-refractivity contribution in [3.05, 3.63) is 95.1 Å². The predicted molar refractivity (Wildman–Crippen MR) is 129 cm³/mol. The molecular weight excluding hydrogens is 387 g/mol. The molecule has 2 atom stereocenters. The maximum Gasteiger partial charge on any atom is 0.126 e. The van der Waals surface area contributed by atoms with Crippen LogP contribution in [0.25, 0.3) is 0 Å². The van der Waals surface area contributed by atoms with Gasteiger partial charge in [-0.2, -0.15) is 0 Å². The zero-order valence-electron chi connectivity index (χ0n) is 18.5. The van der Waals surface area contributed by atoms with Crippen LogP contribution in [0, 0.1) is 6.92 Å². The van der Waals surface area contributed by atoms with E-state index in [4.69, 9.17) is 4.74 Å². The second-order valence-corrected chi connectivity index (χ2v) is 9.65. The third-order valence-corrected chi connectivity index (χ3v) is 8.13. The molecule has 30 heavy (non-hydrogen) atoms. The monoisotopic (exact) mass is 420 g/mol. The maximum absolute atomic E-state index is 10.3. The fraction of sp³-hybridized carbons (Fsp3) is 0.333. The van der Waals surface area contributed by atoms with Crippen molar-refractivity contribution < 1.29 is 9.84 Å². The zero-order valence-corrected chi connectivity index (χ0v) is 19.5. The van der Waals surface area contributed by atoms with E-state index in [0.717, 1.165) is 24.2 Å². The van der Waals surface area contributed by atoms with Gasteiger partial charge >= 0.3 is 0 Å². The molecule has 3 heteroatoms. The molecule has 0 saturated heterocycles. The van der Waals surface area contributed by atoms with Crippen LogP contribution in [0.4, 0.5) is 0 Å². The number of aliphatic hydroxyl groups is 1. The molecule has 3 aromatic rings. The first-order valence-corrected chi connectivity index (χ1v) is 11.8. The van der Waals surface area contributed by atoms with Gasteiger partial charge in [-0.3, -0.25) is 0 Å². The van der Waals surface area contributed by atoms with E-state index < -0.39 is 6.10 Å². The predicted octanol–water partition coefficient (Wildman–Crippen LogP) is 6.65. The summed E-state index contributed by atoms with van der Waals surface area (Å²) < 4.78 is 6.43. The number of para-hydroxylation sites is 1. The number of benzene rings is 3. The van der Waals surface area contributed by atoms with Gasteiger partial charge in [-0.15, -0.1) is 0 Å². The molecule has 0 bridgehead atoms. The fourth-order valence-corrected chi connectivity index (χ4v) is 5.88. The summed E-state index contributed by atoms with van der Waals surface area (Å²) in [6, 6.07) is 25.1. The lowest BCUT2D eigenvalue weighted by Gasteiger charge is -2.35. The molecule has 2 nitrogen and oxygen atoms in total. The smallest absolute Gasteiger partial charge is 0.126 e. The van der Waals surface area contributed by atoms with E-state index in [0.29, 0.717) is 15.2 Å². The summed E-state index contributed by atoms with van der Waals surface area (Å²) in [5, 5.41) is 11.5. The average Bonchev–Trinajstić information content (AvgIpc) is 2.77. The molecule has 0 aromatic heterocycles. The summed E-state index contributed by atoms with van der Waals surface area (Å²) >= 11 is 0. The highest BCUT2D eigenvalue weighted by molar-refractivity contribution is 7.48. The van der Waals surface area contributed by atoms with Crippen LogP contribution in [-0.4, -0.2) is 5.11 Å². The van der Waals surface area contributed by atoms with E-state index in [2.05, 4.69) is 63.2 Å². The Morgan fingerprint density at radius 2 is 1.57 bits per heavy atom. The standard InChI is InChI=1S/C27H33O2P/c1-5-27(6-2,30-25-18-11-10-16-23(25)21(4)28)24-17-12-13-20(3)26(24)29-19-22-14-8-7-9-15-22/h7-18,21,28,30H,5-6,19H2,1-4H3. The van der Waals surface area contributed by atoms with Crippen LogP contribution >= 0.6 is 8.58 Å². The van der Waals surface area contributed by atoms with Gasteiger partial charge in [-0.05, 0) is 48.7 Å². The topological polar surface area (TPSA) is 29.5 Å². The Balaban J connectivity index is 2.01. The lowest BCUT2D eigenvalue weighted by atomic mass is 9.90. The number of aryl methyl sites for hydroxylation is 1. The third-order valence-electron chi connectivity index (χ3n) is 5.95. The van der Waals surface area contributed by atoms with Gasteiger partial charge in [-0.1, -0.05) is 95.2 Å². The molecule has 0 radical (unpaired) electrons. The second-order valence-electron chi connectivity index (χ2n) is 7.90.